The number of carbonyl (C=O) groups is 2. The molecular weight excluding hydrogens is 581 g/mol. The number of nitrogens with one attached hydrogen (secondary N) is 1. The lowest BCUT2D eigenvalue weighted by molar-refractivity contribution is -0.140. The van der Waals surface area contributed by atoms with E-state index in [0.29, 0.717) is 6.42 Å². The number of benzene rings is 3. The van der Waals surface area contributed by atoms with Crippen molar-refractivity contribution in [2.24, 2.45) is 0 Å². The van der Waals surface area contributed by atoms with E-state index in [9.17, 15) is 18.0 Å². The summed E-state index contributed by atoms with van der Waals surface area (Å²) in [5.74, 6) is -0.751. The Hall–Kier alpha value is -3.07. The zero-order chi connectivity index (χ0) is 29.6. The van der Waals surface area contributed by atoms with E-state index in [0.717, 1.165) is 41.1 Å². The average molecular weight is 617 g/mol. The summed E-state index contributed by atoms with van der Waals surface area (Å²) in [5, 5.41) is 3.58. The molecule has 2 amide bonds. The van der Waals surface area contributed by atoms with E-state index < -0.39 is 28.5 Å². The van der Waals surface area contributed by atoms with Crippen LogP contribution in [-0.2, 0) is 26.2 Å². The molecule has 41 heavy (non-hydrogen) atoms. The molecule has 3 aromatic carbocycles. The zero-order valence-electron chi connectivity index (χ0n) is 23.2. The number of rotatable bonds is 11. The summed E-state index contributed by atoms with van der Waals surface area (Å²) in [6.07, 6.45) is 4.30. The van der Waals surface area contributed by atoms with Crippen molar-refractivity contribution in [1.82, 2.24) is 10.2 Å². The van der Waals surface area contributed by atoms with E-state index in [2.05, 4.69) is 5.32 Å². The lowest BCUT2D eigenvalue weighted by atomic mass is 10.1. The Balaban J connectivity index is 1.73. The molecule has 0 bridgehead atoms. The van der Waals surface area contributed by atoms with Crippen LogP contribution < -0.4 is 9.62 Å². The summed E-state index contributed by atoms with van der Waals surface area (Å²) in [4.78, 5) is 29.2. The quantitative estimate of drug-likeness (QED) is 0.272. The van der Waals surface area contributed by atoms with E-state index >= 15 is 0 Å². The van der Waals surface area contributed by atoms with Crippen molar-refractivity contribution in [1.29, 1.82) is 0 Å². The number of hydrogen-bond acceptors (Lipinski definition) is 4. The van der Waals surface area contributed by atoms with Gasteiger partial charge in [0, 0.05) is 22.6 Å². The lowest BCUT2D eigenvalue weighted by Gasteiger charge is -2.34. The molecule has 0 radical (unpaired) electrons. The standard InChI is InChI=1S/C31H35Cl2N3O4S/c1-3-29(31(38)34-26-12-7-8-13-26)35(20-23-11-9-10-22(2)16-23)30(37)21-36(27-18-24(32)17-25(33)19-27)41(39,40)28-14-5-4-6-15-28/h4-6,9-11,14-19,26,29H,3,7-8,12-13,20-21H2,1-2H3,(H,34,38)/t29-/m1/s1. The summed E-state index contributed by atoms with van der Waals surface area (Å²) in [6, 6.07) is 19.3. The topological polar surface area (TPSA) is 86.8 Å². The molecule has 1 aliphatic carbocycles. The largest absolute Gasteiger partial charge is 0.352 e. The number of aryl methyl sites for hydroxylation is 1. The Bertz CT molecular complexity index is 1460. The summed E-state index contributed by atoms with van der Waals surface area (Å²) in [7, 11) is -4.20. The van der Waals surface area contributed by atoms with Gasteiger partial charge in [0.25, 0.3) is 10.0 Å². The van der Waals surface area contributed by atoms with Crippen molar-refractivity contribution in [3.05, 3.63) is 94.0 Å². The predicted octanol–water partition coefficient (Wildman–Crippen LogP) is 6.36. The monoisotopic (exact) mass is 615 g/mol. The first-order valence-corrected chi connectivity index (χ1v) is 16.0. The molecule has 4 rings (SSSR count). The highest BCUT2D eigenvalue weighted by Crippen LogP contribution is 2.30. The molecule has 218 valence electrons. The van der Waals surface area contributed by atoms with Gasteiger partial charge in [-0.2, -0.15) is 0 Å². The maximum absolute atomic E-state index is 14.2. The van der Waals surface area contributed by atoms with Crippen molar-refractivity contribution in [2.75, 3.05) is 10.8 Å². The minimum absolute atomic E-state index is 0.0140. The molecule has 0 aromatic heterocycles. The SMILES string of the molecule is CC[C@H](C(=O)NC1CCCC1)N(Cc1cccc(C)c1)C(=O)CN(c1cc(Cl)cc(Cl)c1)S(=O)(=O)c1ccccc1. The molecule has 1 saturated carbocycles. The van der Waals surface area contributed by atoms with Crippen LogP contribution in [0.1, 0.15) is 50.2 Å². The maximum Gasteiger partial charge on any atom is 0.264 e. The van der Waals surface area contributed by atoms with E-state index in [4.69, 9.17) is 23.2 Å². The Labute approximate surface area is 252 Å². The fraction of sp³-hybridized carbons (Fsp3) is 0.355. The van der Waals surface area contributed by atoms with Gasteiger partial charge in [-0.3, -0.25) is 13.9 Å². The minimum Gasteiger partial charge on any atom is -0.352 e. The smallest absolute Gasteiger partial charge is 0.264 e. The molecule has 1 fully saturated rings. The van der Waals surface area contributed by atoms with Gasteiger partial charge in [0.2, 0.25) is 11.8 Å². The van der Waals surface area contributed by atoms with Gasteiger partial charge in [-0.05, 0) is 62.1 Å². The normalized spacial score (nSPS) is 14.4. The number of hydrogen-bond donors (Lipinski definition) is 1. The van der Waals surface area contributed by atoms with E-state index in [1.807, 2.05) is 38.1 Å². The van der Waals surface area contributed by atoms with Gasteiger partial charge in [0.1, 0.15) is 12.6 Å². The summed E-state index contributed by atoms with van der Waals surface area (Å²) in [5.41, 5.74) is 2.01. The number of sulfonamides is 1. The fourth-order valence-electron chi connectivity index (χ4n) is 5.23. The number of carbonyl (C=O) groups excluding carboxylic acids is 2. The van der Waals surface area contributed by atoms with Crippen LogP contribution in [0.3, 0.4) is 0 Å². The van der Waals surface area contributed by atoms with Crippen LogP contribution in [0.2, 0.25) is 10.0 Å². The van der Waals surface area contributed by atoms with Crippen LogP contribution >= 0.6 is 23.2 Å². The summed E-state index contributed by atoms with van der Waals surface area (Å²) in [6.45, 7) is 3.40. The predicted molar refractivity (Wildman–Crippen MR) is 164 cm³/mol. The van der Waals surface area contributed by atoms with Gasteiger partial charge in [-0.25, -0.2) is 8.42 Å². The second-order valence-electron chi connectivity index (χ2n) is 10.4. The Kier molecular flexibility index (Phi) is 10.3. The van der Waals surface area contributed by atoms with Gasteiger partial charge in [0.05, 0.1) is 10.6 Å². The lowest BCUT2D eigenvalue weighted by Crippen LogP contribution is -2.53. The average Bonchev–Trinajstić information content (AvgIpc) is 3.44. The van der Waals surface area contributed by atoms with Crippen molar-refractivity contribution < 1.29 is 18.0 Å². The first-order valence-electron chi connectivity index (χ1n) is 13.8. The molecule has 3 aromatic rings. The van der Waals surface area contributed by atoms with Crippen molar-refractivity contribution in [3.63, 3.8) is 0 Å². The van der Waals surface area contributed by atoms with Gasteiger partial charge in [0.15, 0.2) is 0 Å². The molecule has 0 saturated heterocycles. The van der Waals surface area contributed by atoms with Crippen LogP contribution in [-0.4, -0.2) is 43.8 Å². The molecule has 1 N–H and O–H groups in total. The summed E-state index contributed by atoms with van der Waals surface area (Å²) >= 11 is 12.5. The van der Waals surface area contributed by atoms with E-state index in [-0.39, 0.29) is 39.1 Å². The maximum atomic E-state index is 14.2. The molecule has 1 atom stereocenters. The van der Waals surface area contributed by atoms with Crippen LogP contribution in [0.15, 0.2) is 77.7 Å². The second-order valence-corrected chi connectivity index (χ2v) is 13.1. The third kappa shape index (κ3) is 7.82. The fourth-order valence-corrected chi connectivity index (χ4v) is 7.16. The van der Waals surface area contributed by atoms with Crippen LogP contribution in [0.4, 0.5) is 5.69 Å². The van der Waals surface area contributed by atoms with Crippen molar-refractivity contribution in [2.45, 2.75) is 69.5 Å². The number of halogens is 2. The third-order valence-corrected chi connectivity index (χ3v) is 9.49. The van der Waals surface area contributed by atoms with Crippen molar-refractivity contribution in [3.8, 4) is 0 Å². The van der Waals surface area contributed by atoms with Gasteiger partial charge >= 0.3 is 0 Å². The number of nitrogens with zero attached hydrogens (tertiary/aromatic N) is 2. The Morgan fingerprint density at radius 3 is 2.22 bits per heavy atom. The van der Waals surface area contributed by atoms with Gasteiger partial charge < -0.3 is 10.2 Å². The van der Waals surface area contributed by atoms with Crippen LogP contribution in [0, 0.1) is 6.92 Å². The van der Waals surface area contributed by atoms with Crippen LogP contribution in [0.5, 0.6) is 0 Å². The van der Waals surface area contributed by atoms with E-state index in [1.54, 1.807) is 18.2 Å². The molecule has 7 nitrogen and oxygen atoms in total. The first-order chi connectivity index (χ1) is 19.6. The highest BCUT2D eigenvalue weighted by molar-refractivity contribution is 7.92. The zero-order valence-corrected chi connectivity index (χ0v) is 25.6. The molecule has 0 aliphatic heterocycles. The summed E-state index contributed by atoms with van der Waals surface area (Å²) < 4.78 is 28.8. The first kappa shape index (κ1) is 30.9. The van der Waals surface area contributed by atoms with E-state index in [1.165, 1.54) is 35.2 Å². The highest BCUT2D eigenvalue weighted by atomic mass is 35.5. The number of amides is 2. The van der Waals surface area contributed by atoms with Crippen LogP contribution in [0.25, 0.3) is 0 Å². The van der Waals surface area contributed by atoms with Gasteiger partial charge in [-0.1, -0.05) is 91.0 Å². The molecule has 1 aliphatic rings. The third-order valence-electron chi connectivity index (χ3n) is 7.27. The molecular formula is C31H35Cl2N3O4S. The molecule has 0 heterocycles. The Morgan fingerprint density at radius 2 is 1.61 bits per heavy atom. The molecule has 0 unspecified atom stereocenters. The molecule has 0 spiro atoms. The van der Waals surface area contributed by atoms with Gasteiger partial charge in [-0.15, -0.1) is 0 Å². The highest BCUT2D eigenvalue weighted by Gasteiger charge is 2.34. The number of anilines is 1. The van der Waals surface area contributed by atoms with Crippen molar-refractivity contribution >= 4 is 50.7 Å². The molecule has 10 heteroatoms. The Morgan fingerprint density at radius 1 is 0.951 bits per heavy atom. The minimum atomic E-state index is -4.20. The second kappa shape index (κ2) is 13.7.